The number of carbonyl (C=O) groups excluding carboxylic acids is 2. The molecule has 0 atom stereocenters. The molecule has 0 aliphatic rings. The maximum atomic E-state index is 12.4. The molecule has 31 heavy (non-hydrogen) atoms. The molecular formula is C21H24ClN3O6. The van der Waals surface area contributed by atoms with E-state index in [0.717, 1.165) is 0 Å². The molecule has 0 bridgehead atoms. The van der Waals surface area contributed by atoms with E-state index in [-0.39, 0.29) is 12.3 Å². The van der Waals surface area contributed by atoms with Crippen LogP contribution in [-0.4, -0.2) is 46.0 Å². The summed E-state index contributed by atoms with van der Waals surface area (Å²) in [5, 5.41) is 7.00. The Morgan fingerprint density at radius 3 is 2.16 bits per heavy atom. The molecule has 0 spiro atoms. The van der Waals surface area contributed by atoms with Crippen LogP contribution in [0.15, 0.2) is 35.4 Å². The number of anilines is 1. The molecule has 10 heteroatoms. The van der Waals surface area contributed by atoms with E-state index in [2.05, 4.69) is 15.8 Å². The number of hydrogen-bond donors (Lipinski definition) is 2. The molecule has 2 aromatic carbocycles. The molecule has 2 rings (SSSR count). The topological polar surface area (TPSA) is 107 Å². The zero-order chi connectivity index (χ0) is 23.0. The summed E-state index contributed by atoms with van der Waals surface area (Å²) in [7, 11) is 5.93. The molecule has 0 unspecified atom stereocenters. The largest absolute Gasteiger partial charge is 0.495 e. The van der Waals surface area contributed by atoms with Gasteiger partial charge in [0.2, 0.25) is 5.91 Å². The molecule has 0 saturated carbocycles. The van der Waals surface area contributed by atoms with E-state index >= 15 is 0 Å². The van der Waals surface area contributed by atoms with Gasteiger partial charge >= 0.3 is 0 Å². The molecule has 0 aliphatic carbocycles. The van der Waals surface area contributed by atoms with Gasteiger partial charge in [-0.3, -0.25) is 9.59 Å². The van der Waals surface area contributed by atoms with Crippen LogP contribution in [0.25, 0.3) is 0 Å². The van der Waals surface area contributed by atoms with E-state index in [1.54, 1.807) is 25.1 Å². The number of nitrogens with one attached hydrogen (secondary N) is 2. The van der Waals surface area contributed by atoms with Gasteiger partial charge in [0.15, 0.2) is 11.5 Å². The first-order chi connectivity index (χ1) is 14.8. The molecule has 0 aliphatic heterocycles. The molecule has 2 N–H and O–H groups in total. The van der Waals surface area contributed by atoms with Crippen molar-refractivity contribution in [2.45, 2.75) is 13.3 Å². The summed E-state index contributed by atoms with van der Waals surface area (Å²) in [6, 6.07) is 7.83. The van der Waals surface area contributed by atoms with Crippen LogP contribution in [0.1, 0.15) is 23.7 Å². The van der Waals surface area contributed by atoms with Crippen LogP contribution < -0.4 is 29.7 Å². The predicted octanol–water partition coefficient (Wildman–Crippen LogP) is 3.51. The summed E-state index contributed by atoms with van der Waals surface area (Å²) in [5.41, 5.74) is 3.53. The highest BCUT2D eigenvalue weighted by atomic mass is 35.5. The van der Waals surface area contributed by atoms with Crippen LogP contribution in [0.3, 0.4) is 0 Å². The fraction of sp³-hybridized carbons (Fsp3) is 0.286. The average molecular weight is 450 g/mol. The Bertz CT molecular complexity index is 993. The standard InChI is InChI=1S/C21H24ClN3O6/c1-12(24-25-21(27)13-6-7-16(28-2)19(9-13)31-5)8-20(26)23-15-10-14(22)17(29-3)11-18(15)30-4/h6-7,9-11H,8H2,1-5H3,(H,23,26)(H,25,27)/b24-12+. The number of nitrogens with zero attached hydrogens (tertiary/aromatic N) is 1. The van der Waals surface area contributed by atoms with Crippen molar-refractivity contribution in [1.82, 2.24) is 5.43 Å². The summed E-state index contributed by atoms with van der Waals surface area (Å²) < 4.78 is 20.7. The van der Waals surface area contributed by atoms with E-state index in [9.17, 15) is 9.59 Å². The second kappa shape index (κ2) is 11.1. The lowest BCUT2D eigenvalue weighted by molar-refractivity contribution is -0.115. The molecule has 2 amide bonds. The molecule has 0 aromatic heterocycles. The monoisotopic (exact) mass is 449 g/mol. The minimum atomic E-state index is -0.454. The van der Waals surface area contributed by atoms with Gasteiger partial charge in [-0.05, 0) is 31.2 Å². The Hall–Kier alpha value is -3.46. The number of rotatable bonds is 9. The lowest BCUT2D eigenvalue weighted by atomic mass is 10.2. The number of halogens is 1. The lowest BCUT2D eigenvalue weighted by Gasteiger charge is -2.13. The maximum Gasteiger partial charge on any atom is 0.271 e. The number of carbonyl (C=O) groups is 2. The third-order valence-electron chi connectivity index (χ3n) is 4.16. The van der Waals surface area contributed by atoms with E-state index in [0.29, 0.717) is 45.0 Å². The third-order valence-corrected chi connectivity index (χ3v) is 4.45. The van der Waals surface area contributed by atoms with Gasteiger partial charge in [-0.1, -0.05) is 11.6 Å². The third kappa shape index (κ3) is 6.26. The van der Waals surface area contributed by atoms with Crippen molar-refractivity contribution >= 4 is 34.8 Å². The highest BCUT2D eigenvalue weighted by molar-refractivity contribution is 6.32. The van der Waals surface area contributed by atoms with E-state index in [1.165, 1.54) is 40.6 Å². The Kier molecular flexibility index (Phi) is 8.51. The van der Waals surface area contributed by atoms with Crippen LogP contribution >= 0.6 is 11.6 Å². The molecule has 0 saturated heterocycles. The van der Waals surface area contributed by atoms with Crippen molar-refractivity contribution in [3.05, 3.63) is 40.9 Å². The number of amides is 2. The second-order valence-corrected chi connectivity index (χ2v) is 6.68. The summed E-state index contributed by atoms with van der Waals surface area (Å²) in [6.45, 7) is 1.62. The van der Waals surface area contributed by atoms with Crippen molar-refractivity contribution in [2.75, 3.05) is 33.8 Å². The average Bonchev–Trinajstić information content (AvgIpc) is 2.76. The number of benzene rings is 2. The zero-order valence-electron chi connectivity index (χ0n) is 17.9. The first-order valence-corrected chi connectivity index (χ1v) is 9.47. The minimum Gasteiger partial charge on any atom is -0.495 e. The van der Waals surface area contributed by atoms with Crippen LogP contribution in [0.2, 0.25) is 5.02 Å². The van der Waals surface area contributed by atoms with Gasteiger partial charge in [0.05, 0.1) is 45.6 Å². The quantitative estimate of drug-likeness (QED) is 0.448. The summed E-state index contributed by atoms with van der Waals surface area (Å²) in [5.74, 6) is 0.926. The lowest BCUT2D eigenvalue weighted by Crippen LogP contribution is -2.21. The van der Waals surface area contributed by atoms with Crippen molar-refractivity contribution in [2.24, 2.45) is 5.10 Å². The Morgan fingerprint density at radius 2 is 1.55 bits per heavy atom. The molecule has 0 radical (unpaired) electrons. The molecule has 0 fully saturated rings. The fourth-order valence-corrected chi connectivity index (χ4v) is 2.85. The molecule has 9 nitrogen and oxygen atoms in total. The van der Waals surface area contributed by atoms with Crippen LogP contribution in [0.5, 0.6) is 23.0 Å². The maximum absolute atomic E-state index is 12.4. The highest BCUT2D eigenvalue weighted by Crippen LogP contribution is 2.36. The smallest absolute Gasteiger partial charge is 0.271 e. The SMILES string of the molecule is COc1cc(OC)c(NC(=O)C/C(C)=N/NC(=O)c2ccc(OC)c(OC)c2)cc1Cl. The number of ether oxygens (including phenoxy) is 4. The minimum absolute atomic E-state index is 0.0565. The van der Waals surface area contributed by atoms with E-state index < -0.39 is 5.91 Å². The van der Waals surface area contributed by atoms with Gasteiger partial charge in [0, 0.05) is 17.3 Å². The number of hydrazone groups is 1. The molecular weight excluding hydrogens is 426 g/mol. The van der Waals surface area contributed by atoms with Crippen molar-refractivity contribution < 1.29 is 28.5 Å². The summed E-state index contributed by atoms with van der Waals surface area (Å²) in [6.07, 6.45) is -0.0565. The Labute approximate surface area is 185 Å². The van der Waals surface area contributed by atoms with Crippen LogP contribution in [0.4, 0.5) is 5.69 Å². The number of methoxy groups -OCH3 is 4. The molecule has 0 heterocycles. The van der Waals surface area contributed by atoms with E-state index in [4.69, 9.17) is 30.5 Å². The van der Waals surface area contributed by atoms with Crippen molar-refractivity contribution in [3.8, 4) is 23.0 Å². The van der Waals surface area contributed by atoms with Crippen molar-refractivity contribution in [3.63, 3.8) is 0 Å². The van der Waals surface area contributed by atoms with Gasteiger partial charge in [-0.2, -0.15) is 5.10 Å². The first-order valence-electron chi connectivity index (χ1n) is 9.09. The van der Waals surface area contributed by atoms with E-state index in [1.807, 2.05) is 0 Å². The number of hydrogen-bond acceptors (Lipinski definition) is 7. The van der Waals surface area contributed by atoms with Gasteiger partial charge < -0.3 is 24.3 Å². The molecule has 2 aromatic rings. The summed E-state index contributed by atoms with van der Waals surface area (Å²) >= 11 is 6.11. The van der Waals surface area contributed by atoms with Crippen LogP contribution in [-0.2, 0) is 4.79 Å². The zero-order valence-corrected chi connectivity index (χ0v) is 18.6. The highest BCUT2D eigenvalue weighted by Gasteiger charge is 2.14. The van der Waals surface area contributed by atoms with Gasteiger partial charge in [0.25, 0.3) is 5.91 Å². The Morgan fingerprint density at radius 1 is 0.903 bits per heavy atom. The fourth-order valence-electron chi connectivity index (χ4n) is 2.61. The predicted molar refractivity (Wildman–Crippen MR) is 118 cm³/mol. The second-order valence-electron chi connectivity index (χ2n) is 6.27. The summed E-state index contributed by atoms with van der Waals surface area (Å²) in [4.78, 5) is 24.7. The van der Waals surface area contributed by atoms with Gasteiger partial charge in [0.1, 0.15) is 11.5 Å². The Balaban J connectivity index is 2.02. The van der Waals surface area contributed by atoms with Gasteiger partial charge in [-0.15, -0.1) is 0 Å². The normalized spacial score (nSPS) is 10.8. The van der Waals surface area contributed by atoms with Gasteiger partial charge in [-0.25, -0.2) is 5.43 Å². The molecule has 166 valence electrons. The van der Waals surface area contributed by atoms with Crippen LogP contribution in [0, 0.1) is 0 Å². The van der Waals surface area contributed by atoms with Crippen molar-refractivity contribution in [1.29, 1.82) is 0 Å². The first kappa shape index (κ1) is 23.8.